The van der Waals surface area contributed by atoms with Gasteiger partial charge >= 0.3 is 14.0 Å². The van der Waals surface area contributed by atoms with E-state index >= 15 is 0 Å². The zero-order valence-electron chi connectivity index (χ0n) is 27.6. The molecule has 0 atom stereocenters. The number of anilines is 1. The van der Waals surface area contributed by atoms with Gasteiger partial charge in [0.15, 0.2) is 0 Å². The molecule has 1 aromatic carbocycles. The molecule has 4 heterocycles. The Bertz CT molecular complexity index is 1870. The lowest BCUT2D eigenvalue weighted by Crippen LogP contribution is -2.36. The molecule has 48 heavy (non-hydrogen) atoms. The molecular weight excluding hydrogens is 655 g/mol. The molecular formula is C33H39F4N4O6P. The van der Waals surface area contributed by atoms with Gasteiger partial charge < -0.3 is 18.8 Å². The molecule has 0 radical (unpaired) electrons. The molecule has 4 aromatic rings. The van der Waals surface area contributed by atoms with Gasteiger partial charge in [0.25, 0.3) is 5.56 Å². The number of phosphoric acid groups is 1. The zero-order valence-corrected chi connectivity index (χ0v) is 28.5. The van der Waals surface area contributed by atoms with Crippen LogP contribution in [0.25, 0.3) is 22.2 Å². The second kappa shape index (κ2) is 13.4. The number of pyridine rings is 2. The van der Waals surface area contributed by atoms with Crippen molar-refractivity contribution >= 4 is 24.5 Å². The van der Waals surface area contributed by atoms with E-state index in [2.05, 4.69) is 4.90 Å². The number of phosphoric ester groups is 1. The van der Waals surface area contributed by atoms with Crippen LogP contribution in [0, 0.1) is 5.82 Å². The highest BCUT2D eigenvalue weighted by Gasteiger charge is 2.38. The Morgan fingerprint density at radius 2 is 1.62 bits per heavy atom. The van der Waals surface area contributed by atoms with Gasteiger partial charge in [0.05, 0.1) is 48.4 Å². The van der Waals surface area contributed by atoms with Gasteiger partial charge in [-0.05, 0) is 65.3 Å². The highest BCUT2D eigenvalue weighted by atomic mass is 31.2. The van der Waals surface area contributed by atoms with Crippen molar-refractivity contribution in [3.63, 3.8) is 0 Å². The van der Waals surface area contributed by atoms with E-state index in [9.17, 15) is 26.9 Å². The molecule has 5 rings (SSSR count). The van der Waals surface area contributed by atoms with Crippen LogP contribution in [0.4, 0.5) is 23.2 Å². The van der Waals surface area contributed by atoms with E-state index in [1.807, 2.05) is 6.07 Å². The average molecular weight is 695 g/mol. The predicted molar refractivity (Wildman–Crippen MR) is 173 cm³/mol. The number of halogens is 4. The first kappa shape index (κ1) is 35.7. The average Bonchev–Trinajstić information content (AvgIpc) is 3.34. The van der Waals surface area contributed by atoms with Gasteiger partial charge in [-0.1, -0.05) is 12.1 Å². The van der Waals surface area contributed by atoms with Crippen LogP contribution >= 0.6 is 7.82 Å². The fraction of sp³-hybridized carbons (Fsp3) is 0.455. The summed E-state index contributed by atoms with van der Waals surface area (Å²) in [6.07, 6.45) is -0.0530. The van der Waals surface area contributed by atoms with E-state index in [-0.39, 0.29) is 12.3 Å². The fourth-order valence-corrected chi connectivity index (χ4v) is 7.02. The van der Waals surface area contributed by atoms with E-state index in [1.54, 1.807) is 64.6 Å². The van der Waals surface area contributed by atoms with Crippen molar-refractivity contribution in [2.75, 3.05) is 31.2 Å². The van der Waals surface area contributed by atoms with Crippen LogP contribution in [0.1, 0.15) is 52.7 Å². The Morgan fingerprint density at radius 3 is 2.23 bits per heavy atom. The molecule has 1 fully saturated rings. The van der Waals surface area contributed by atoms with Crippen LogP contribution in [0.5, 0.6) is 0 Å². The molecule has 1 aliphatic heterocycles. The first-order valence-corrected chi connectivity index (χ1v) is 16.8. The van der Waals surface area contributed by atoms with E-state index in [4.69, 9.17) is 23.3 Å². The molecule has 0 N–H and O–H groups in total. The number of morpholine rings is 1. The monoisotopic (exact) mass is 694 g/mol. The van der Waals surface area contributed by atoms with Gasteiger partial charge in [-0.3, -0.25) is 18.4 Å². The van der Waals surface area contributed by atoms with Gasteiger partial charge in [-0.2, -0.15) is 13.2 Å². The third kappa shape index (κ3) is 8.53. The molecule has 1 saturated heterocycles. The maximum atomic E-state index is 14.7. The van der Waals surface area contributed by atoms with Crippen molar-refractivity contribution < 1.29 is 40.4 Å². The lowest BCUT2D eigenvalue weighted by atomic mass is 10.1. The number of alkyl halides is 3. The molecule has 0 aliphatic carbocycles. The van der Waals surface area contributed by atoms with Gasteiger partial charge in [0.1, 0.15) is 18.2 Å². The van der Waals surface area contributed by atoms with Crippen LogP contribution in [-0.4, -0.2) is 51.6 Å². The van der Waals surface area contributed by atoms with Crippen LogP contribution < -0.4 is 10.5 Å². The normalized spacial score (nSPS) is 15.0. The maximum Gasteiger partial charge on any atom is 0.477 e. The largest absolute Gasteiger partial charge is 0.477 e. The molecule has 10 nitrogen and oxygen atoms in total. The van der Waals surface area contributed by atoms with Crippen LogP contribution in [0.15, 0.2) is 59.8 Å². The quantitative estimate of drug-likeness (QED) is 0.131. The minimum atomic E-state index is -4.87. The van der Waals surface area contributed by atoms with Crippen molar-refractivity contribution in [1.29, 1.82) is 0 Å². The van der Waals surface area contributed by atoms with E-state index in [0.717, 1.165) is 16.3 Å². The van der Waals surface area contributed by atoms with Crippen molar-refractivity contribution in [2.45, 2.75) is 72.2 Å². The number of hydrogen-bond donors (Lipinski definition) is 0. The summed E-state index contributed by atoms with van der Waals surface area (Å²) in [6, 6.07) is 7.85. The molecule has 0 saturated carbocycles. The summed E-state index contributed by atoms with van der Waals surface area (Å²) in [4.78, 5) is 20.1. The standard InChI is InChI=1S/C33H39F4N4O6P/c1-31(2,3)46-48(43,47-32(4,5)6)45-21-41-20-26(25-17-24(18-38-30(25)41)39-12-14-44-15-13-39)22-10-11-40(28(42)16-22)19-23-8-7-9-27(29(23)34)33(35,36)37/h7-11,16-18,20H,12-15,19,21H2,1-6H3. The Morgan fingerprint density at radius 1 is 0.958 bits per heavy atom. The Labute approximate surface area is 275 Å². The third-order valence-electron chi connectivity index (χ3n) is 7.23. The molecule has 1 aliphatic rings. The van der Waals surface area contributed by atoms with Gasteiger partial charge in [-0.25, -0.2) is 13.9 Å². The second-order valence-corrected chi connectivity index (χ2v) is 15.0. The van der Waals surface area contributed by atoms with Crippen LogP contribution in [0.3, 0.4) is 0 Å². The first-order valence-electron chi connectivity index (χ1n) is 15.4. The lowest BCUT2D eigenvalue weighted by molar-refractivity contribution is -0.140. The van der Waals surface area contributed by atoms with Gasteiger partial charge in [0.2, 0.25) is 0 Å². The summed E-state index contributed by atoms with van der Waals surface area (Å²) in [5.74, 6) is -1.42. The highest BCUT2D eigenvalue weighted by Crippen LogP contribution is 2.55. The molecule has 260 valence electrons. The second-order valence-electron chi connectivity index (χ2n) is 13.4. The van der Waals surface area contributed by atoms with Gasteiger partial charge in [0, 0.05) is 48.1 Å². The van der Waals surface area contributed by atoms with Crippen LogP contribution in [0.2, 0.25) is 0 Å². The van der Waals surface area contributed by atoms with Crippen molar-refractivity contribution in [2.24, 2.45) is 0 Å². The summed E-state index contributed by atoms with van der Waals surface area (Å²) >= 11 is 0. The number of rotatable bonds is 9. The zero-order chi connectivity index (χ0) is 35.1. The highest BCUT2D eigenvalue weighted by molar-refractivity contribution is 7.48. The first-order chi connectivity index (χ1) is 22.3. The van der Waals surface area contributed by atoms with Crippen molar-refractivity contribution in [3.8, 4) is 11.1 Å². The number of ether oxygens (including phenoxy) is 1. The summed E-state index contributed by atoms with van der Waals surface area (Å²) < 4.78 is 93.9. The minimum absolute atomic E-state index is 0.268. The topological polar surface area (TPSA) is 97.1 Å². The number of fused-ring (bicyclic) bond motifs is 1. The smallest absolute Gasteiger partial charge is 0.378 e. The summed E-state index contributed by atoms with van der Waals surface area (Å²) in [5, 5.41) is 0.659. The molecule has 0 spiro atoms. The van der Waals surface area contributed by atoms with Gasteiger partial charge in [-0.15, -0.1) is 0 Å². The minimum Gasteiger partial charge on any atom is -0.378 e. The van der Waals surface area contributed by atoms with Crippen molar-refractivity contribution in [1.82, 2.24) is 14.1 Å². The molecule has 3 aromatic heterocycles. The number of aromatic nitrogens is 3. The maximum absolute atomic E-state index is 14.7. The van der Waals surface area contributed by atoms with Crippen molar-refractivity contribution in [3.05, 3.63) is 82.3 Å². The predicted octanol–water partition coefficient (Wildman–Crippen LogP) is 7.62. The Balaban J connectivity index is 1.53. The van der Waals surface area contributed by atoms with E-state index < -0.39 is 48.7 Å². The lowest BCUT2D eigenvalue weighted by Gasteiger charge is -2.31. The van der Waals surface area contributed by atoms with E-state index in [0.29, 0.717) is 54.5 Å². The summed E-state index contributed by atoms with van der Waals surface area (Å²) in [5.41, 5.74) is -1.55. The SMILES string of the molecule is CC(C)(C)OP(=O)(OCn1cc(-c2ccn(Cc3cccc(C(F)(F)F)c3F)c(=O)c2)c2cc(N3CCOCC3)cnc21)OC(C)(C)C. The number of benzene rings is 1. The number of nitrogens with zero attached hydrogens (tertiary/aromatic N) is 4. The molecule has 0 unspecified atom stereocenters. The summed E-state index contributed by atoms with van der Waals surface area (Å²) in [7, 11) is -4.09. The number of hydrogen-bond acceptors (Lipinski definition) is 8. The summed E-state index contributed by atoms with van der Waals surface area (Å²) in [6.45, 7) is 12.2. The third-order valence-corrected chi connectivity index (χ3v) is 9.21. The van der Waals surface area contributed by atoms with Crippen LogP contribution in [-0.2, 0) is 42.3 Å². The molecule has 15 heteroatoms. The fourth-order valence-electron chi connectivity index (χ4n) is 5.27. The van der Waals surface area contributed by atoms with E-state index in [1.165, 1.54) is 18.3 Å². The Kier molecular flexibility index (Phi) is 9.98. The Hall–Kier alpha value is -3.55. The molecule has 0 bridgehead atoms. The molecule has 0 amide bonds.